The molecule has 3 nitrogen and oxygen atoms in total. The minimum absolute atomic E-state index is 0.154. The number of benzene rings is 3. The van der Waals surface area contributed by atoms with Gasteiger partial charge in [-0.05, 0) is 83.9 Å². The predicted molar refractivity (Wildman–Crippen MR) is 125 cm³/mol. The van der Waals surface area contributed by atoms with E-state index in [1.165, 1.54) is 33.4 Å². The zero-order valence-corrected chi connectivity index (χ0v) is 18.2. The number of hydrogen-bond donors (Lipinski definition) is 0. The van der Waals surface area contributed by atoms with Gasteiger partial charge in [0.05, 0.1) is 6.61 Å². The van der Waals surface area contributed by atoms with Gasteiger partial charge in [0.1, 0.15) is 12.4 Å². The zero-order valence-electron chi connectivity index (χ0n) is 18.2. The van der Waals surface area contributed by atoms with E-state index in [4.69, 9.17) is 9.47 Å². The van der Waals surface area contributed by atoms with Gasteiger partial charge in [-0.25, -0.2) is 0 Å². The molecule has 3 heteroatoms. The van der Waals surface area contributed by atoms with E-state index in [1.54, 1.807) is 0 Å². The third-order valence-electron chi connectivity index (χ3n) is 5.74. The number of fused-ring (bicyclic) bond motifs is 3. The smallest absolute Gasteiger partial charge is 0.306 e. The highest BCUT2D eigenvalue weighted by molar-refractivity contribution is 5.79. The Labute approximate surface area is 184 Å². The van der Waals surface area contributed by atoms with Gasteiger partial charge in [-0.2, -0.15) is 0 Å². The molecule has 0 saturated carbocycles. The van der Waals surface area contributed by atoms with Crippen molar-refractivity contribution in [2.24, 2.45) is 0 Å². The summed E-state index contributed by atoms with van der Waals surface area (Å²) in [5, 5.41) is 0. The highest BCUT2D eigenvalue weighted by Crippen LogP contribution is 2.37. The van der Waals surface area contributed by atoms with Crippen LogP contribution in [0.5, 0.6) is 5.75 Å². The molecule has 0 heterocycles. The summed E-state index contributed by atoms with van der Waals surface area (Å²) < 4.78 is 10.9. The third kappa shape index (κ3) is 5.05. The van der Waals surface area contributed by atoms with Gasteiger partial charge in [-0.3, -0.25) is 4.79 Å². The molecule has 158 valence electrons. The maximum absolute atomic E-state index is 11.5. The summed E-state index contributed by atoms with van der Waals surface area (Å²) >= 11 is 0. The van der Waals surface area contributed by atoms with E-state index >= 15 is 0 Å². The Kier molecular flexibility index (Phi) is 6.51. The summed E-state index contributed by atoms with van der Waals surface area (Å²) in [5.41, 5.74) is 9.07. The van der Waals surface area contributed by atoms with Crippen LogP contribution in [-0.4, -0.2) is 19.2 Å². The lowest BCUT2D eigenvalue weighted by molar-refractivity contribution is -0.143. The summed E-state index contributed by atoms with van der Waals surface area (Å²) in [4.78, 5) is 11.5. The molecule has 0 amide bonds. The van der Waals surface area contributed by atoms with Crippen LogP contribution in [0.15, 0.2) is 72.8 Å². The van der Waals surface area contributed by atoms with Gasteiger partial charge >= 0.3 is 5.97 Å². The summed E-state index contributed by atoms with van der Waals surface area (Å²) in [6.45, 7) is 4.90. The first-order valence-corrected chi connectivity index (χ1v) is 10.9. The second-order valence-electron chi connectivity index (χ2n) is 7.85. The Bertz CT molecular complexity index is 1090. The number of aryl methyl sites for hydroxylation is 1. The molecule has 4 rings (SSSR count). The molecule has 3 aromatic carbocycles. The largest absolute Gasteiger partial charge is 0.490 e. The summed E-state index contributed by atoms with van der Waals surface area (Å²) in [7, 11) is 0. The molecule has 3 aromatic rings. The van der Waals surface area contributed by atoms with Crippen LogP contribution in [0.2, 0.25) is 0 Å². The van der Waals surface area contributed by atoms with Crippen LogP contribution < -0.4 is 4.74 Å². The van der Waals surface area contributed by atoms with E-state index < -0.39 is 0 Å². The van der Waals surface area contributed by atoms with Gasteiger partial charge in [-0.1, -0.05) is 54.6 Å². The maximum Gasteiger partial charge on any atom is 0.306 e. The van der Waals surface area contributed by atoms with E-state index in [2.05, 4.69) is 55.5 Å². The van der Waals surface area contributed by atoms with Gasteiger partial charge in [0, 0.05) is 6.42 Å². The van der Waals surface area contributed by atoms with Crippen LogP contribution in [0, 0.1) is 0 Å². The molecule has 0 aromatic heterocycles. The molecule has 1 aliphatic carbocycles. The van der Waals surface area contributed by atoms with Crippen molar-refractivity contribution in [2.75, 3.05) is 13.2 Å². The maximum atomic E-state index is 11.5. The number of allylic oxidation sites excluding steroid dienone is 1. The Hall–Kier alpha value is -3.33. The average molecular weight is 413 g/mol. The first-order chi connectivity index (χ1) is 15.1. The molecule has 0 fully saturated rings. The molecular formula is C28H28O3. The van der Waals surface area contributed by atoms with Gasteiger partial charge < -0.3 is 9.47 Å². The molecule has 31 heavy (non-hydrogen) atoms. The Morgan fingerprint density at radius 2 is 1.74 bits per heavy atom. The van der Waals surface area contributed by atoms with Crippen molar-refractivity contribution in [1.82, 2.24) is 0 Å². The zero-order chi connectivity index (χ0) is 21.6. The first-order valence-electron chi connectivity index (χ1n) is 10.9. The lowest BCUT2D eigenvalue weighted by Crippen LogP contribution is -2.05. The molecule has 0 unspecified atom stereocenters. The van der Waals surface area contributed by atoms with Crippen LogP contribution in [0.3, 0.4) is 0 Å². The van der Waals surface area contributed by atoms with Crippen LogP contribution >= 0.6 is 0 Å². The number of carbonyl (C=O) groups is 1. The number of hydrogen-bond acceptors (Lipinski definition) is 3. The van der Waals surface area contributed by atoms with Gasteiger partial charge in [-0.15, -0.1) is 0 Å². The molecule has 0 bridgehead atoms. The van der Waals surface area contributed by atoms with Crippen molar-refractivity contribution in [2.45, 2.75) is 33.1 Å². The van der Waals surface area contributed by atoms with Crippen LogP contribution in [-0.2, 0) is 22.4 Å². The average Bonchev–Trinajstić information content (AvgIpc) is 3.16. The van der Waals surface area contributed by atoms with Gasteiger partial charge in [0.25, 0.3) is 0 Å². The number of ether oxygens (including phenoxy) is 2. The molecular weight excluding hydrogens is 384 g/mol. The minimum atomic E-state index is -0.154. The Morgan fingerprint density at radius 3 is 2.55 bits per heavy atom. The lowest BCUT2D eigenvalue weighted by Gasteiger charge is -2.08. The molecule has 0 spiro atoms. The number of esters is 1. The topological polar surface area (TPSA) is 35.5 Å². The van der Waals surface area contributed by atoms with E-state index in [9.17, 15) is 4.79 Å². The van der Waals surface area contributed by atoms with E-state index in [-0.39, 0.29) is 5.97 Å². The monoisotopic (exact) mass is 412 g/mol. The molecule has 0 N–H and O–H groups in total. The molecule has 0 aliphatic heterocycles. The summed E-state index contributed by atoms with van der Waals surface area (Å²) in [6.07, 6.45) is 4.21. The van der Waals surface area contributed by atoms with Crippen LogP contribution in [0.1, 0.15) is 42.5 Å². The lowest BCUT2D eigenvalue weighted by atomic mass is 10.00. The van der Waals surface area contributed by atoms with Crippen molar-refractivity contribution in [3.05, 3.63) is 95.1 Å². The standard InChI is InChI=1S/C28H28O3/c1-3-30-28(29)15-10-21-8-12-25(13-9-21)31-17-16-20(2)22-11-14-27-24(18-22)19-23-6-4-5-7-26(23)27/h4-9,11-14,16,18H,3,10,15,17,19H2,1-2H3/b20-16+. The number of rotatable bonds is 8. The fraction of sp³-hybridized carbons (Fsp3) is 0.250. The van der Waals surface area contributed by atoms with Crippen LogP contribution in [0.4, 0.5) is 0 Å². The Balaban J connectivity index is 1.32. The van der Waals surface area contributed by atoms with E-state index in [0.29, 0.717) is 26.1 Å². The van der Waals surface area contributed by atoms with Crippen molar-refractivity contribution in [3.63, 3.8) is 0 Å². The van der Waals surface area contributed by atoms with Crippen LogP contribution in [0.25, 0.3) is 16.7 Å². The van der Waals surface area contributed by atoms with E-state index in [1.807, 2.05) is 31.2 Å². The summed E-state index contributed by atoms with van der Waals surface area (Å²) in [5.74, 6) is 0.673. The summed E-state index contributed by atoms with van der Waals surface area (Å²) in [6, 6.07) is 23.3. The minimum Gasteiger partial charge on any atom is -0.490 e. The van der Waals surface area contributed by atoms with Crippen molar-refractivity contribution >= 4 is 11.5 Å². The second kappa shape index (κ2) is 9.65. The molecule has 0 atom stereocenters. The fourth-order valence-electron chi connectivity index (χ4n) is 4.00. The Morgan fingerprint density at radius 1 is 0.968 bits per heavy atom. The second-order valence-corrected chi connectivity index (χ2v) is 7.85. The van der Waals surface area contributed by atoms with Gasteiger partial charge in [0.2, 0.25) is 0 Å². The highest BCUT2D eigenvalue weighted by atomic mass is 16.5. The number of carbonyl (C=O) groups excluding carboxylic acids is 1. The highest BCUT2D eigenvalue weighted by Gasteiger charge is 2.17. The molecule has 0 radical (unpaired) electrons. The quantitative estimate of drug-likeness (QED) is 0.322. The van der Waals surface area contributed by atoms with Gasteiger partial charge in [0.15, 0.2) is 0 Å². The normalized spacial score (nSPS) is 12.3. The van der Waals surface area contributed by atoms with E-state index in [0.717, 1.165) is 17.7 Å². The fourth-order valence-corrected chi connectivity index (χ4v) is 4.00. The predicted octanol–water partition coefficient (Wildman–Crippen LogP) is 6.24. The SMILES string of the molecule is CCOC(=O)CCc1ccc(OC/C=C(\C)c2ccc3c(c2)Cc2ccccc2-3)cc1. The molecule has 1 aliphatic rings. The van der Waals surface area contributed by atoms with Crippen molar-refractivity contribution < 1.29 is 14.3 Å². The van der Waals surface area contributed by atoms with Crippen molar-refractivity contribution in [1.29, 1.82) is 0 Å². The molecule has 0 saturated heterocycles. The third-order valence-corrected chi connectivity index (χ3v) is 5.74. The first kappa shape index (κ1) is 20.9. The van der Waals surface area contributed by atoms with Crippen molar-refractivity contribution in [3.8, 4) is 16.9 Å².